The molecule has 1 amide bonds. The van der Waals surface area contributed by atoms with E-state index in [-0.39, 0.29) is 30.4 Å². The number of carbonyl (C=O) groups is 2. The molecule has 24 heavy (non-hydrogen) atoms. The summed E-state index contributed by atoms with van der Waals surface area (Å²) in [6, 6.07) is 1.79. The Kier molecular flexibility index (Phi) is 6.02. The average molecular weight is 352 g/mol. The number of nitrogens with one attached hydrogen (secondary N) is 2. The highest BCUT2D eigenvalue weighted by atomic mass is 32.2. The number of amides is 1. The van der Waals surface area contributed by atoms with E-state index in [0.717, 1.165) is 17.5 Å². The van der Waals surface area contributed by atoms with Crippen molar-refractivity contribution in [3.05, 3.63) is 22.1 Å². The van der Waals surface area contributed by atoms with Gasteiger partial charge in [-0.2, -0.15) is 0 Å². The number of carbonyl (C=O) groups excluding carboxylic acids is 2. The fourth-order valence-electron chi connectivity index (χ4n) is 2.16. The Morgan fingerprint density at radius 1 is 1.42 bits per heavy atom. The predicted molar refractivity (Wildman–Crippen MR) is 91.1 cm³/mol. The highest BCUT2D eigenvalue weighted by molar-refractivity contribution is 7.99. The molecule has 2 heterocycles. The van der Waals surface area contributed by atoms with E-state index in [1.807, 2.05) is 13.8 Å². The van der Waals surface area contributed by atoms with Crippen LogP contribution in [0.1, 0.15) is 19.5 Å². The summed E-state index contributed by atoms with van der Waals surface area (Å²) in [5.74, 6) is -0.750. The molecule has 0 saturated carbocycles. The molecule has 2 rings (SSSR count). The lowest BCUT2D eigenvalue weighted by molar-refractivity contribution is -0.143. The van der Waals surface area contributed by atoms with Crippen LogP contribution in [0.2, 0.25) is 0 Å². The normalized spacial score (nSPS) is 10.8. The van der Waals surface area contributed by atoms with Gasteiger partial charge in [-0.15, -0.1) is 0 Å². The summed E-state index contributed by atoms with van der Waals surface area (Å²) in [5, 5.41) is 2.95. The quantitative estimate of drug-likeness (QED) is 0.434. The molecular formula is C15H20N4O4S. The molecule has 0 aliphatic carbocycles. The molecule has 2 N–H and O–H groups in total. The van der Waals surface area contributed by atoms with E-state index in [1.54, 1.807) is 13.0 Å². The summed E-state index contributed by atoms with van der Waals surface area (Å²) in [6.07, 6.45) is 0. The van der Waals surface area contributed by atoms with Crippen molar-refractivity contribution in [2.45, 2.75) is 32.5 Å². The number of aryl methyl sites for hydroxylation is 1. The van der Waals surface area contributed by atoms with Crippen LogP contribution in [-0.4, -0.2) is 45.3 Å². The number of nitrogens with zero attached hydrogens (tertiary/aromatic N) is 2. The number of fused-ring (bicyclic) bond motifs is 1. The Morgan fingerprint density at radius 2 is 2.17 bits per heavy atom. The third-order valence-electron chi connectivity index (χ3n) is 3.22. The molecule has 0 atom stereocenters. The summed E-state index contributed by atoms with van der Waals surface area (Å²) in [5.41, 5.74) is 1.73. The van der Waals surface area contributed by atoms with E-state index < -0.39 is 5.97 Å². The van der Waals surface area contributed by atoms with Crippen LogP contribution in [0.5, 0.6) is 0 Å². The lowest BCUT2D eigenvalue weighted by Gasteiger charge is -2.09. The second kappa shape index (κ2) is 8.00. The third-order valence-corrected chi connectivity index (χ3v) is 4.20. The van der Waals surface area contributed by atoms with Crippen LogP contribution < -0.4 is 10.9 Å². The fourth-order valence-corrected chi connectivity index (χ4v) is 3.06. The summed E-state index contributed by atoms with van der Waals surface area (Å²) in [4.78, 5) is 42.9. The third kappa shape index (κ3) is 4.16. The number of ether oxygens (including phenoxy) is 1. The molecule has 2 aromatic heterocycles. The van der Waals surface area contributed by atoms with E-state index in [1.165, 1.54) is 4.57 Å². The van der Waals surface area contributed by atoms with Gasteiger partial charge in [-0.25, -0.2) is 4.98 Å². The second-order valence-corrected chi connectivity index (χ2v) is 5.97. The first-order valence-corrected chi connectivity index (χ1v) is 8.60. The van der Waals surface area contributed by atoms with Gasteiger partial charge in [0.05, 0.1) is 17.9 Å². The van der Waals surface area contributed by atoms with Gasteiger partial charge in [-0.05, 0) is 26.8 Å². The number of aromatic nitrogens is 3. The smallest absolute Gasteiger partial charge is 0.325 e. The highest BCUT2D eigenvalue weighted by Crippen LogP contribution is 2.18. The molecule has 0 radical (unpaired) electrons. The summed E-state index contributed by atoms with van der Waals surface area (Å²) >= 11 is 1.16. The van der Waals surface area contributed by atoms with E-state index in [0.29, 0.717) is 22.7 Å². The SMILES string of the molecule is CCOC(=O)CNC(=O)CSc1nc2cc(C)[nH]c2c(=O)n1CC. The molecule has 0 aromatic carbocycles. The summed E-state index contributed by atoms with van der Waals surface area (Å²) in [7, 11) is 0. The minimum Gasteiger partial charge on any atom is -0.465 e. The van der Waals surface area contributed by atoms with Crippen LogP contribution >= 0.6 is 11.8 Å². The summed E-state index contributed by atoms with van der Waals surface area (Å²) in [6.45, 7) is 5.95. The molecule has 0 unspecified atom stereocenters. The van der Waals surface area contributed by atoms with Gasteiger partial charge in [0.15, 0.2) is 5.16 Å². The van der Waals surface area contributed by atoms with Crippen molar-refractivity contribution in [1.29, 1.82) is 0 Å². The molecular weight excluding hydrogens is 332 g/mol. The van der Waals surface area contributed by atoms with Crippen molar-refractivity contribution in [2.75, 3.05) is 18.9 Å². The van der Waals surface area contributed by atoms with Gasteiger partial charge < -0.3 is 15.0 Å². The van der Waals surface area contributed by atoms with Gasteiger partial charge in [-0.1, -0.05) is 11.8 Å². The van der Waals surface area contributed by atoms with Crippen LogP contribution in [0.15, 0.2) is 16.0 Å². The van der Waals surface area contributed by atoms with E-state index in [4.69, 9.17) is 4.74 Å². The standard InChI is InChI=1S/C15H20N4O4S/c1-4-19-14(22)13-10(6-9(3)17-13)18-15(19)24-8-11(20)16-7-12(21)23-5-2/h6,17H,4-5,7-8H2,1-3H3,(H,16,20). The Bertz CT molecular complexity index is 812. The van der Waals surface area contributed by atoms with Crippen molar-refractivity contribution in [1.82, 2.24) is 19.9 Å². The molecule has 0 saturated heterocycles. The van der Waals surface area contributed by atoms with Crippen molar-refractivity contribution in [3.63, 3.8) is 0 Å². The zero-order valence-electron chi connectivity index (χ0n) is 13.8. The molecule has 0 fully saturated rings. The molecule has 0 aliphatic heterocycles. The first-order valence-electron chi connectivity index (χ1n) is 7.61. The van der Waals surface area contributed by atoms with Crippen LogP contribution in [0.25, 0.3) is 11.0 Å². The van der Waals surface area contributed by atoms with Crippen LogP contribution in [0, 0.1) is 6.92 Å². The molecule has 9 heteroatoms. The van der Waals surface area contributed by atoms with Crippen molar-refractivity contribution in [3.8, 4) is 0 Å². The zero-order valence-corrected chi connectivity index (χ0v) is 14.7. The maximum Gasteiger partial charge on any atom is 0.325 e. The lowest BCUT2D eigenvalue weighted by Crippen LogP contribution is -2.32. The van der Waals surface area contributed by atoms with Crippen LogP contribution in [-0.2, 0) is 20.9 Å². The molecule has 0 spiro atoms. The largest absolute Gasteiger partial charge is 0.465 e. The van der Waals surface area contributed by atoms with Crippen LogP contribution in [0.3, 0.4) is 0 Å². The Labute approximate surface area is 143 Å². The number of thioether (sulfide) groups is 1. The van der Waals surface area contributed by atoms with E-state index in [2.05, 4.69) is 15.3 Å². The molecule has 8 nitrogen and oxygen atoms in total. The van der Waals surface area contributed by atoms with Gasteiger partial charge in [-0.3, -0.25) is 19.0 Å². The number of hydrogen-bond donors (Lipinski definition) is 2. The van der Waals surface area contributed by atoms with Gasteiger partial charge in [0.2, 0.25) is 5.91 Å². The van der Waals surface area contributed by atoms with Gasteiger partial charge in [0, 0.05) is 12.2 Å². The monoisotopic (exact) mass is 352 g/mol. The Morgan fingerprint density at radius 3 is 2.83 bits per heavy atom. The Balaban J connectivity index is 2.08. The van der Waals surface area contributed by atoms with E-state index >= 15 is 0 Å². The minimum absolute atomic E-state index is 0.0563. The number of hydrogen-bond acceptors (Lipinski definition) is 6. The molecule has 2 aromatic rings. The van der Waals surface area contributed by atoms with Crippen molar-refractivity contribution >= 4 is 34.7 Å². The Hall–Kier alpha value is -2.29. The maximum absolute atomic E-state index is 12.4. The first kappa shape index (κ1) is 18.1. The number of esters is 1. The van der Waals surface area contributed by atoms with Crippen molar-refractivity contribution in [2.24, 2.45) is 0 Å². The van der Waals surface area contributed by atoms with Gasteiger partial charge in [0.1, 0.15) is 12.1 Å². The fraction of sp³-hybridized carbons (Fsp3) is 0.467. The lowest BCUT2D eigenvalue weighted by atomic mass is 10.4. The molecule has 0 aliphatic rings. The zero-order chi connectivity index (χ0) is 17.7. The van der Waals surface area contributed by atoms with Gasteiger partial charge in [0.25, 0.3) is 5.56 Å². The molecule has 130 valence electrons. The van der Waals surface area contributed by atoms with Gasteiger partial charge >= 0.3 is 5.97 Å². The van der Waals surface area contributed by atoms with Crippen molar-refractivity contribution < 1.29 is 14.3 Å². The first-order chi connectivity index (χ1) is 11.5. The molecule has 0 bridgehead atoms. The number of H-pyrrole nitrogens is 1. The maximum atomic E-state index is 12.4. The topological polar surface area (TPSA) is 106 Å². The van der Waals surface area contributed by atoms with Crippen LogP contribution in [0.4, 0.5) is 0 Å². The number of rotatable bonds is 7. The average Bonchev–Trinajstić information content (AvgIpc) is 2.92. The predicted octanol–water partition coefficient (Wildman–Crippen LogP) is 0.824. The highest BCUT2D eigenvalue weighted by Gasteiger charge is 2.14. The number of aromatic amines is 1. The summed E-state index contributed by atoms with van der Waals surface area (Å²) < 4.78 is 6.25. The van der Waals surface area contributed by atoms with E-state index in [9.17, 15) is 14.4 Å². The minimum atomic E-state index is -0.483. The second-order valence-electron chi connectivity index (χ2n) is 5.03.